The molecule has 1 N–H and O–H groups in total. The van der Waals surface area contributed by atoms with Crippen molar-refractivity contribution in [1.82, 2.24) is 4.90 Å². The molecule has 2 aromatic rings. The van der Waals surface area contributed by atoms with Crippen molar-refractivity contribution in [2.24, 2.45) is 0 Å². The topological polar surface area (TPSA) is 41.9 Å². The van der Waals surface area contributed by atoms with Crippen molar-refractivity contribution in [3.63, 3.8) is 0 Å². The number of allylic oxidation sites excluding steroid dienone is 6. The number of para-hydroxylation sites is 1. The van der Waals surface area contributed by atoms with Crippen LogP contribution < -0.4 is 4.74 Å². The lowest BCUT2D eigenvalue weighted by atomic mass is 9.82. The Morgan fingerprint density at radius 1 is 1.15 bits per heavy atom. The molecule has 1 fully saturated rings. The van der Waals surface area contributed by atoms with Gasteiger partial charge in [-0.05, 0) is 97.6 Å². The SMILES string of the molecule is C=C1C/C(c2ccc(O[C@H]3CCN(CCCF)C3)cc2)=C(/c2cccc(F)c2O)CCC/C1=C(F)/C(=C\C)OF. The van der Waals surface area contributed by atoms with Crippen molar-refractivity contribution in [2.45, 2.75) is 51.6 Å². The molecule has 40 heavy (non-hydrogen) atoms. The van der Waals surface area contributed by atoms with Crippen LogP contribution >= 0.6 is 0 Å². The smallest absolute Gasteiger partial charge is 0.203 e. The van der Waals surface area contributed by atoms with Crippen LogP contribution in [-0.2, 0) is 4.94 Å². The zero-order chi connectivity index (χ0) is 28.6. The lowest BCUT2D eigenvalue weighted by Gasteiger charge is -2.24. The molecule has 0 spiro atoms. The van der Waals surface area contributed by atoms with Crippen molar-refractivity contribution in [1.29, 1.82) is 0 Å². The van der Waals surface area contributed by atoms with E-state index in [1.807, 2.05) is 24.3 Å². The monoisotopic (exact) mass is 557 g/mol. The Labute approximate surface area is 232 Å². The molecule has 0 saturated carbocycles. The Morgan fingerprint density at radius 2 is 1.93 bits per heavy atom. The number of benzene rings is 2. The van der Waals surface area contributed by atoms with Gasteiger partial charge in [-0.25, -0.2) is 8.78 Å². The summed E-state index contributed by atoms with van der Waals surface area (Å²) >= 11 is 0. The van der Waals surface area contributed by atoms with E-state index in [1.165, 1.54) is 19.1 Å². The normalized spacial score (nSPS) is 22.2. The summed E-state index contributed by atoms with van der Waals surface area (Å²) in [7, 11) is 0. The zero-order valence-corrected chi connectivity index (χ0v) is 22.7. The predicted molar refractivity (Wildman–Crippen MR) is 149 cm³/mol. The molecule has 0 unspecified atom stereocenters. The molecule has 1 atom stereocenters. The molecule has 0 radical (unpaired) electrons. The largest absolute Gasteiger partial charge is 0.504 e. The third-order valence-corrected chi connectivity index (χ3v) is 7.52. The number of likely N-dealkylation sites (tertiary alicyclic amines) is 1. The van der Waals surface area contributed by atoms with Crippen LogP contribution in [0.3, 0.4) is 0 Å². The maximum absolute atomic E-state index is 15.2. The number of aromatic hydroxyl groups is 1. The number of phenolic OH excluding ortho intramolecular Hbond substituents is 1. The first-order valence-electron chi connectivity index (χ1n) is 13.6. The molecule has 2 aliphatic rings. The number of rotatable bonds is 9. The van der Waals surface area contributed by atoms with E-state index in [9.17, 15) is 18.4 Å². The van der Waals surface area contributed by atoms with Gasteiger partial charge in [0.25, 0.3) is 0 Å². The molecule has 0 amide bonds. The molecular weight excluding hydrogens is 522 g/mol. The summed E-state index contributed by atoms with van der Waals surface area (Å²) in [6.45, 7) is 7.58. The first kappa shape index (κ1) is 29.5. The standard InChI is InChI=1S/C32H35F4NO3/c1-3-30(40-36)31(35)25-7-4-8-26(27-9-5-10-29(34)32(27)38)28(19-21(25)2)22-11-13-23(14-12-22)39-24-15-18-37(20-24)17-6-16-33/h3,5,9-14,24,38H,2,4,6-8,15-20H2,1H3/b28-26-,30-3+,31-25+/t24-/m0/s1. The minimum Gasteiger partial charge on any atom is -0.504 e. The number of hydrogen-bond donors (Lipinski definition) is 1. The lowest BCUT2D eigenvalue weighted by Crippen LogP contribution is -2.26. The van der Waals surface area contributed by atoms with E-state index in [4.69, 9.17) is 4.74 Å². The third-order valence-electron chi connectivity index (χ3n) is 7.52. The quantitative estimate of drug-likeness (QED) is 0.248. The summed E-state index contributed by atoms with van der Waals surface area (Å²) in [6.07, 6.45) is 3.96. The lowest BCUT2D eigenvalue weighted by molar-refractivity contribution is -0.0822. The Kier molecular flexibility index (Phi) is 10.1. The highest BCUT2D eigenvalue weighted by molar-refractivity contribution is 5.93. The van der Waals surface area contributed by atoms with Crippen LogP contribution in [0.15, 0.2) is 77.9 Å². The molecule has 4 rings (SSSR count). The highest BCUT2D eigenvalue weighted by Crippen LogP contribution is 2.43. The Morgan fingerprint density at radius 3 is 2.62 bits per heavy atom. The third kappa shape index (κ3) is 6.78. The van der Waals surface area contributed by atoms with Crippen molar-refractivity contribution in [3.8, 4) is 11.5 Å². The average molecular weight is 558 g/mol. The number of phenols is 1. The Hall–Kier alpha value is -3.52. The Balaban J connectivity index is 1.67. The van der Waals surface area contributed by atoms with Gasteiger partial charge in [-0.15, -0.1) is 0 Å². The van der Waals surface area contributed by atoms with Crippen LogP contribution in [0.5, 0.6) is 11.5 Å². The van der Waals surface area contributed by atoms with E-state index >= 15 is 4.39 Å². The molecule has 4 nitrogen and oxygen atoms in total. The van der Waals surface area contributed by atoms with E-state index in [0.717, 1.165) is 36.2 Å². The predicted octanol–water partition coefficient (Wildman–Crippen LogP) is 8.41. The number of alkyl halides is 1. The summed E-state index contributed by atoms with van der Waals surface area (Å²) in [5, 5.41) is 10.6. The highest BCUT2D eigenvalue weighted by atomic mass is 19.3. The second kappa shape index (κ2) is 13.7. The van der Waals surface area contributed by atoms with Crippen LogP contribution in [-0.4, -0.2) is 42.4 Å². The summed E-state index contributed by atoms with van der Waals surface area (Å²) < 4.78 is 61.2. The summed E-state index contributed by atoms with van der Waals surface area (Å²) in [5.74, 6) is -1.78. The van der Waals surface area contributed by atoms with Crippen molar-refractivity contribution >= 4 is 11.1 Å². The molecule has 214 valence electrons. The van der Waals surface area contributed by atoms with Crippen molar-refractivity contribution in [2.75, 3.05) is 26.3 Å². The van der Waals surface area contributed by atoms with Gasteiger partial charge < -0.3 is 9.84 Å². The van der Waals surface area contributed by atoms with Gasteiger partial charge in [0.2, 0.25) is 5.76 Å². The Bertz CT molecular complexity index is 1300. The molecule has 1 aliphatic carbocycles. The average Bonchev–Trinajstić information content (AvgIpc) is 3.40. The second-order valence-corrected chi connectivity index (χ2v) is 10.1. The van der Waals surface area contributed by atoms with Gasteiger partial charge in [-0.1, -0.05) is 30.8 Å². The van der Waals surface area contributed by atoms with Gasteiger partial charge in [0.05, 0.1) is 6.67 Å². The number of nitrogens with zero attached hydrogens (tertiary/aromatic N) is 1. The fraction of sp³-hybridized carbons (Fsp3) is 0.375. The molecule has 8 heteroatoms. The molecule has 1 heterocycles. The molecule has 0 bridgehead atoms. The summed E-state index contributed by atoms with van der Waals surface area (Å²) in [6, 6.07) is 11.9. The van der Waals surface area contributed by atoms with Crippen LogP contribution in [0.1, 0.15) is 56.6 Å². The molecule has 2 aromatic carbocycles. The van der Waals surface area contributed by atoms with Gasteiger partial charge in [0, 0.05) is 29.7 Å². The summed E-state index contributed by atoms with van der Waals surface area (Å²) in [5.41, 5.74) is 3.36. The highest BCUT2D eigenvalue weighted by Gasteiger charge is 2.26. The van der Waals surface area contributed by atoms with E-state index in [1.54, 1.807) is 12.1 Å². The first-order valence-corrected chi connectivity index (χ1v) is 13.6. The van der Waals surface area contributed by atoms with E-state index in [0.29, 0.717) is 42.7 Å². The van der Waals surface area contributed by atoms with Crippen LogP contribution in [0.2, 0.25) is 0 Å². The summed E-state index contributed by atoms with van der Waals surface area (Å²) in [4.78, 5) is 5.92. The maximum Gasteiger partial charge on any atom is 0.203 e. The molecule has 1 saturated heterocycles. The van der Waals surface area contributed by atoms with Crippen molar-refractivity contribution < 1.29 is 32.5 Å². The molecular formula is C32H35F4NO3. The fourth-order valence-corrected chi connectivity index (χ4v) is 5.45. The minimum absolute atomic E-state index is 0.0138. The number of halogens is 4. The first-order chi connectivity index (χ1) is 19.4. The number of hydrogen-bond acceptors (Lipinski definition) is 4. The maximum atomic E-state index is 15.2. The zero-order valence-electron chi connectivity index (χ0n) is 22.7. The van der Waals surface area contributed by atoms with Gasteiger partial charge in [-0.3, -0.25) is 14.2 Å². The van der Waals surface area contributed by atoms with Crippen molar-refractivity contribution in [3.05, 3.63) is 94.8 Å². The fourth-order valence-electron chi connectivity index (χ4n) is 5.45. The van der Waals surface area contributed by atoms with Gasteiger partial charge in [0.15, 0.2) is 17.4 Å². The van der Waals surface area contributed by atoms with E-state index < -0.39 is 23.2 Å². The van der Waals surface area contributed by atoms with Crippen LogP contribution in [0, 0.1) is 5.82 Å². The van der Waals surface area contributed by atoms with Crippen LogP contribution in [0.4, 0.5) is 17.7 Å². The number of ether oxygens (including phenoxy) is 1. The van der Waals surface area contributed by atoms with Gasteiger partial charge in [-0.2, -0.15) is 0 Å². The second-order valence-electron chi connectivity index (χ2n) is 10.1. The van der Waals surface area contributed by atoms with Gasteiger partial charge >= 0.3 is 0 Å². The van der Waals surface area contributed by atoms with Gasteiger partial charge in [0.1, 0.15) is 11.9 Å². The molecule has 0 aromatic heterocycles. The minimum atomic E-state index is -0.799. The van der Waals surface area contributed by atoms with E-state index in [2.05, 4.69) is 16.4 Å². The van der Waals surface area contributed by atoms with E-state index in [-0.39, 0.29) is 31.2 Å². The molecule has 1 aliphatic heterocycles. The van der Waals surface area contributed by atoms with Crippen LogP contribution in [0.25, 0.3) is 11.1 Å².